The first-order chi connectivity index (χ1) is 8.46. The van der Waals surface area contributed by atoms with Crippen molar-refractivity contribution in [3.05, 3.63) is 11.9 Å². The van der Waals surface area contributed by atoms with E-state index in [9.17, 15) is 5.11 Å². The number of anilines is 1. The smallest absolute Gasteiger partial charge is 0.218 e. The predicted molar refractivity (Wildman–Crippen MR) is 72.0 cm³/mol. The zero-order valence-electron chi connectivity index (χ0n) is 11.7. The summed E-state index contributed by atoms with van der Waals surface area (Å²) < 4.78 is 5.35. The minimum absolute atomic E-state index is 0.461. The summed E-state index contributed by atoms with van der Waals surface area (Å²) in [7, 11) is 0. The Hall–Kier alpha value is -1.36. The van der Waals surface area contributed by atoms with Gasteiger partial charge in [-0.25, -0.2) is 4.98 Å². The van der Waals surface area contributed by atoms with Crippen LogP contribution < -0.4 is 10.1 Å². The number of aliphatic hydroxyl groups is 1. The van der Waals surface area contributed by atoms with Gasteiger partial charge in [0, 0.05) is 12.6 Å². The first-order valence-corrected chi connectivity index (χ1v) is 6.41. The average Bonchev–Trinajstić information content (AvgIpc) is 2.26. The highest BCUT2D eigenvalue weighted by molar-refractivity contribution is 5.38. The van der Waals surface area contributed by atoms with E-state index in [0.29, 0.717) is 30.7 Å². The Kier molecular flexibility index (Phi) is 5.34. The highest BCUT2D eigenvalue weighted by atomic mass is 16.5. The third-order valence-corrected chi connectivity index (χ3v) is 2.55. The van der Waals surface area contributed by atoms with Gasteiger partial charge in [-0.1, -0.05) is 13.3 Å². The van der Waals surface area contributed by atoms with Gasteiger partial charge in [0.1, 0.15) is 11.6 Å². The number of hydrogen-bond acceptors (Lipinski definition) is 5. The molecule has 0 spiro atoms. The highest BCUT2D eigenvalue weighted by Gasteiger charge is 2.18. The molecule has 0 saturated heterocycles. The molecule has 0 radical (unpaired) electrons. The molecule has 1 aromatic heterocycles. The second-order valence-electron chi connectivity index (χ2n) is 4.67. The second-order valence-corrected chi connectivity index (χ2v) is 4.67. The van der Waals surface area contributed by atoms with E-state index >= 15 is 0 Å². The lowest BCUT2D eigenvalue weighted by atomic mass is 10.0. The van der Waals surface area contributed by atoms with Gasteiger partial charge in [0.15, 0.2) is 0 Å². The van der Waals surface area contributed by atoms with E-state index in [1.807, 2.05) is 20.8 Å². The predicted octanol–water partition coefficient (Wildman–Crippen LogP) is 2.15. The largest absolute Gasteiger partial charge is 0.478 e. The monoisotopic (exact) mass is 253 g/mol. The van der Waals surface area contributed by atoms with Gasteiger partial charge in [0.2, 0.25) is 5.88 Å². The standard InChI is InChI=1S/C13H23N3O2/c1-5-7-13(4,17)9-14-11-8-12(18-6-2)16-10(3)15-11/h8,17H,5-7,9H2,1-4H3,(H,14,15,16). The van der Waals surface area contributed by atoms with Crippen LogP contribution >= 0.6 is 0 Å². The fourth-order valence-corrected chi connectivity index (χ4v) is 1.76. The summed E-state index contributed by atoms with van der Waals surface area (Å²) in [5.74, 6) is 1.89. The molecule has 18 heavy (non-hydrogen) atoms. The minimum atomic E-state index is -0.723. The van der Waals surface area contributed by atoms with Crippen molar-refractivity contribution < 1.29 is 9.84 Å². The van der Waals surface area contributed by atoms with Gasteiger partial charge in [-0.15, -0.1) is 0 Å². The number of nitrogens with one attached hydrogen (secondary N) is 1. The first-order valence-electron chi connectivity index (χ1n) is 6.41. The third-order valence-electron chi connectivity index (χ3n) is 2.55. The maximum absolute atomic E-state index is 10.1. The highest BCUT2D eigenvalue weighted by Crippen LogP contribution is 2.16. The van der Waals surface area contributed by atoms with Gasteiger partial charge in [-0.3, -0.25) is 0 Å². The zero-order valence-corrected chi connectivity index (χ0v) is 11.7. The molecule has 102 valence electrons. The summed E-state index contributed by atoms with van der Waals surface area (Å²) in [4.78, 5) is 8.43. The van der Waals surface area contributed by atoms with E-state index < -0.39 is 5.60 Å². The van der Waals surface area contributed by atoms with Crippen molar-refractivity contribution in [2.24, 2.45) is 0 Å². The van der Waals surface area contributed by atoms with Gasteiger partial charge >= 0.3 is 0 Å². The van der Waals surface area contributed by atoms with Crippen LogP contribution in [0.25, 0.3) is 0 Å². The van der Waals surface area contributed by atoms with Crippen LogP contribution in [0, 0.1) is 6.92 Å². The molecule has 0 amide bonds. The van der Waals surface area contributed by atoms with E-state index in [2.05, 4.69) is 22.2 Å². The van der Waals surface area contributed by atoms with Crippen molar-refractivity contribution in [1.82, 2.24) is 9.97 Å². The lowest BCUT2D eigenvalue weighted by Crippen LogP contribution is -2.33. The number of hydrogen-bond donors (Lipinski definition) is 2. The molecule has 5 heteroatoms. The molecule has 0 aliphatic heterocycles. The Balaban J connectivity index is 2.66. The van der Waals surface area contributed by atoms with Crippen LogP contribution in [0.5, 0.6) is 5.88 Å². The molecule has 0 aliphatic rings. The summed E-state index contributed by atoms with van der Waals surface area (Å²) in [5.41, 5.74) is -0.723. The molecule has 1 atom stereocenters. The number of aromatic nitrogens is 2. The van der Waals surface area contributed by atoms with E-state index in [0.717, 1.165) is 12.8 Å². The van der Waals surface area contributed by atoms with Crippen molar-refractivity contribution in [3.63, 3.8) is 0 Å². The Labute approximate surface area is 109 Å². The maximum Gasteiger partial charge on any atom is 0.218 e. The molecule has 1 aromatic rings. The first kappa shape index (κ1) is 14.7. The van der Waals surface area contributed by atoms with Crippen LogP contribution in [0.4, 0.5) is 5.82 Å². The average molecular weight is 253 g/mol. The molecule has 1 unspecified atom stereocenters. The van der Waals surface area contributed by atoms with Crippen LogP contribution in [0.3, 0.4) is 0 Å². The minimum Gasteiger partial charge on any atom is -0.478 e. The molecule has 5 nitrogen and oxygen atoms in total. The fraction of sp³-hybridized carbons (Fsp3) is 0.692. The number of ether oxygens (including phenoxy) is 1. The number of aryl methyl sites for hydroxylation is 1. The van der Waals surface area contributed by atoms with Crippen LogP contribution in [0.1, 0.15) is 39.4 Å². The van der Waals surface area contributed by atoms with Crippen molar-refractivity contribution >= 4 is 5.82 Å². The molecule has 0 saturated carbocycles. The van der Waals surface area contributed by atoms with E-state index in [1.165, 1.54) is 0 Å². The molecule has 0 aromatic carbocycles. The summed E-state index contributed by atoms with van der Waals surface area (Å²) in [5, 5.41) is 13.2. The lowest BCUT2D eigenvalue weighted by Gasteiger charge is -2.23. The van der Waals surface area contributed by atoms with Crippen LogP contribution in [-0.2, 0) is 0 Å². The van der Waals surface area contributed by atoms with Crippen molar-refractivity contribution in [1.29, 1.82) is 0 Å². The Morgan fingerprint density at radius 3 is 2.72 bits per heavy atom. The van der Waals surface area contributed by atoms with E-state index in [1.54, 1.807) is 6.07 Å². The number of rotatable bonds is 7. The molecule has 0 aliphatic carbocycles. The fourth-order valence-electron chi connectivity index (χ4n) is 1.76. The Morgan fingerprint density at radius 1 is 1.39 bits per heavy atom. The van der Waals surface area contributed by atoms with Crippen LogP contribution in [-0.4, -0.2) is 33.8 Å². The van der Waals surface area contributed by atoms with Gasteiger partial charge in [-0.05, 0) is 27.2 Å². The second kappa shape index (κ2) is 6.54. The van der Waals surface area contributed by atoms with Crippen molar-refractivity contribution in [3.8, 4) is 5.88 Å². The summed E-state index contributed by atoms with van der Waals surface area (Å²) in [6, 6.07) is 1.75. The van der Waals surface area contributed by atoms with Gasteiger partial charge in [0.05, 0.1) is 12.2 Å². The quantitative estimate of drug-likeness (QED) is 0.779. The van der Waals surface area contributed by atoms with Crippen molar-refractivity contribution in [2.75, 3.05) is 18.5 Å². The third kappa shape index (κ3) is 4.87. The summed E-state index contributed by atoms with van der Waals surface area (Å²) in [6.07, 6.45) is 1.70. The van der Waals surface area contributed by atoms with E-state index in [4.69, 9.17) is 4.74 Å². The molecular formula is C13H23N3O2. The zero-order chi connectivity index (χ0) is 13.6. The lowest BCUT2D eigenvalue weighted by molar-refractivity contribution is 0.0636. The summed E-state index contributed by atoms with van der Waals surface area (Å²) in [6.45, 7) is 8.64. The number of nitrogens with zero attached hydrogens (tertiary/aromatic N) is 2. The van der Waals surface area contributed by atoms with Gasteiger partial charge in [-0.2, -0.15) is 4.98 Å². The van der Waals surface area contributed by atoms with Crippen LogP contribution in [0.2, 0.25) is 0 Å². The molecule has 0 fully saturated rings. The molecule has 1 heterocycles. The Bertz CT molecular complexity index is 380. The topological polar surface area (TPSA) is 67.3 Å². The maximum atomic E-state index is 10.1. The van der Waals surface area contributed by atoms with Crippen LogP contribution in [0.15, 0.2) is 6.07 Å². The normalized spacial score (nSPS) is 14.1. The van der Waals surface area contributed by atoms with E-state index in [-0.39, 0.29) is 0 Å². The summed E-state index contributed by atoms with van der Waals surface area (Å²) >= 11 is 0. The molecule has 0 bridgehead atoms. The molecule has 2 N–H and O–H groups in total. The van der Waals surface area contributed by atoms with Gasteiger partial charge < -0.3 is 15.2 Å². The van der Waals surface area contributed by atoms with Gasteiger partial charge in [0.25, 0.3) is 0 Å². The molecule has 1 rings (SSSR count). The SMILES string of the molecule is CCCC(C)(O)CNc1cc(OCC)nc(C)n1. The Morgan fingerprint density at radius 2 is 2.11 bits per heavy atom. The molecular weight excluding hydrogens is 230 g/mol. The van der Waals surface area contributed by atoms with Crippen molar-refractivity contribution in [2.45, 2.75) is 46.1 Å².